The van der Waals surface area contributed by atoms with E-state index in [4.69, 9.17) is 9.97 Å². The minimum Gasteiger partial charge on any atom is -0.309 e. The Bertz CT molecular complexity index is 1010. The summed E-state index contributed by atoms with van der Waals surface area (Å²) in [4.78, 5) is 31.7. The predicted octanol–water partition coefficient (Wildman–Crippen LogP) is 2.93. The molecule has 2 aromatic heterocycles. The fourth-order valence-corrected chi connectivity index (χ4v) is 3.83. The van der Waals surface area contributed by atoms with Crippen molar-refractivity contribution in [1.82, 2.24) is 24.8 Å². The van der Waals surface area contributed by atoms with Gasteiger partial charge in [0.15, 0.2) is 0 Å². The molecule has 5 rings (SSSR count). The highest BCUT2D eigenvalue weighted by molar-refractivity contribution is 5.77. The van der Waals surface area contributed by atoms with E-state index in [1.54, 1.807) is 0 Å². The van der Waals surface area contributed by atoms with Crippen LogP contribution in [0, 0.1) is 0 Å². The Labute approximate surface area is 151 Å². The molecule has 0 radical (unpaired) electrons. The topological polar surface area (TPSA) is 74.8 Å². The Hall–Kier alpha value is -2.60. The first-order chi connectivity index (χ1) is 12.8. The maximum atomic E-state index is 12.4. The van der Waals surface area contributed by atoms with Crippen molar-refractivity contribution >= 4 is 10.9 Å². The fraction of sp³-hybridized carbons (Fsp3) is 0.400. The molecule has 2 aliphatic rings. The van der Waals surface area contributed by atoms with Gasteiger partial charge in [0.05, 0.1) is 22.6 Å². The lowest BCUT2D eigenvalue weighted by Gasteiger charge is -2.23. The van der Waals surface area contributed by atoms with Gasteiger partial charge in [0.1, 0.15) is 11.6 Å². The highest BCUT2D eigenvalue weighted by atomic mass is 16.1. The number of hydrogen-bond acceptors (Lipinski definition) is 5. The van der Waals surface area contributed by atoms with Crippen molar-refractivity contribution in [1.29, 1.82) is 0 Å². The van der Waals surface area contributed by atoms with Gasteiger partial charge in [-0.1, -0.05) is 12.1 Å². The zero-order chi connectivity index (χ0) is 17.5. The number of benzene rings is 1. The number of aromatic amines is 1. The number of nitrogens with zero attached hydrogens (tertiary/aromatic N) is 4. The summed E-state index contributed by atoms with van der Waals surface area (Å²) >= 11 is 0. The average Bonchev–Trinajstić information content (AvgIpc) is 3.42. The molecule has 3 heterocycles. The van der Waals surface area contributed by atoms with Gasteiger partial charge in [-0.2, -0.15) is 0 Å². The van der Waals surface area contributed by atoms with Crippen LogP contribution >= 0.6 is 0 Å². The third-order valence-corrected chi connectivity index (χ3v) is 5.35. The molecule has 0 bridgehead atoms. The van der Waals surface area contributed by atoms with Crippen molar-refractivity contribution in [2.45, 2.75) is 44.2 Å². The molecular weight excluding hydrogens is 326 g/mol. The van der Waals surface area contributed by atoms with E-state index in [-0.39, 0.29) is 11.6 Å². The van der Waals surface area contributed by atoms with Crippen LogP contribution in [-0.4, -0.2) is 31.4 Å². The minimum atomic E-state index is -0.0597. The van der Waals surface area contributed by atoms with Gasteiger partial charge >= 0.3 is 0 Å². The molecule has 3 aromatic rings. The van der Waals surface area contributed by atoms with Gasteiger partial charge in [0.25, 0.3) is 5.56 Å². The normalized spacial score (nSPS) is 20.7. The van der Waals surface area contributed by atoms with E-state index in [1.165, 1.54) is 12.8 Å². The molecule has 1 saturated carbocycles. The van der Waals surface area contributed by atoms with Gasteiger partial charge < -0.3 is 4.98 Å². The summed E-state index contributed by atoms with van der Waals surface area (Å²) in [7, 11) is 0. The van der Waals surface area contributed by atoms with Crippen LogP contribution in [0.4, 0.5) is 0 Å². The van der Waals surface area contributed by atoms with Crippen LogP contribution in [-0.2, 0) is 6.54 Å². The third-order valence-electron chi connectivity index (χ3n) is 5.35. The molecule has 0 spiro atoms. The third kappa shape index (κ3) is 2.90. The van der Waals surface area contributed by atoms with E-state index in [0.29, 0.717) is 11.3 Å². The molecule has 6 nitrogen and oxygen atoms in total. The number of para-hydroxylation sites is 1. The molecule has 26 heavy (non-hydrogen) atoms. The minimum absolute atomic E-state index is 0.0597. The van der Waals surface area contributed by atoms with Crippen molar-refractivity contribution < 1.29 is 0 Å². The maximum absolute atomic E-state index is 12.4. The molecule has 2 fully saturated rings. The van der Waals surface area contributed by atoms with Crippen LogP contribution in [0.25, 0.3) is 10.9 Å². The van der Waals surface area contributed by atoms with Crippen LogP contribution in [0.1, 0.15) is 55.0 Å². The Kier molecular flexibility index (Phi) is 3.78. The average molecular weight is 347 g/mol. The first-order valence-electron chi connectivity index (χ1n) is 9.33. The van der Waals surface area contributed by atoms with Gasteiger partial charge in [0.2, 0.25) is 0 Å². The number of nitrogens with one attached hydrogen (secondary N) is 1. The van der Waals surface area contributed by atoms with Gasteiger partial charge in [-0.25, -0.2) is 15.0 Å². The Balaban J connectivity index is 1.44. The summed E-state index contributed by atoms with van der Waals surface area (Å²) < 4.78 is 0. The van der Waals surface area contributed by atoms with Gasteiger partial charge in [-0.15, -0.1) is 0 Å². The molecule has 1 aliphatic carbocycles. The van der Waals surface area contributed by atoms with E-state index in [2.05, 4.69) is 14.9 Å². The molecular formula is C20H21N5O. The van der Waals surface area contributed by atoms with Crippen molar-refractivity contribution in [2.75, 3.05) is 6.54 Å². The molecule has 0 amide bonds. The smallest absolute Gasteiger partial charge is 0.258 e. The number of likely N-dealkylation sites (tertiary alicyclic amines) is 1. The summed E-state index contributed by atoms with van der Waals surface area (Å²) in [5.41, 5.74) is 1.75. The molecule has 132 valence electrons. The largest absolute Gasteiger partial charge is 0.309 e. The summed E-state index contributed by atoms with van der Waals surface area (Å²) in [6, 6.07) is 9.64. The van der Waals surface area contributed by atoms with E-state index in [9.17, 15) is 4.79 Å². The van der Waals surface area contributed by atoms with E-state index >= 15 is 0 Å². The summed E-state index contributed by atoms with van der Waals surface area (Å²) in [5.74, 6) is 2.31. The maximum Gasteiger partial charge on any atom is 0.258 e. The number of H-pyrrole nitrogens is 1. The van der Waals surface area contributed by atoms with Crippen LogP contribution in [0.15, 0.2) is 41.3 Å². The van der Waals surface area contributed by atoms with Crippen molar-refractivity contribution in [3.8, 4) is 0 Å². The lowest BCUT2D eigenvalue weighted by molar-refractivity contribution is 0.237. The van der Waals surface area contributed by atoms with Crippen LogP contribution in [0.3, 0.4) is 0 Å². The van der Waals surface area contributed by atoms with Gasteiger partial charge in [-0.05, 0) is 50.4 Å². The van der Waals surface area contributed by atoms with E-state index in [0.717, 1.165) is 48.8 Å². The number of rotatable bonds is 4. The van der Waals surface area contributed by atoms with Crippen molar-refractivity contribution in [3.63, 3.8) is 0 Å². The van der Waals surface area contributed by atoms with Crippen molar-refractivity contribution in [3.05, 3.63) is 64.2 Å². The predicted molar refractivity (Wildman–Crippen MR) is 98.8 cm³/mol. The van der Waals surface area contributed by atoms with Crippen LogP contribution in [0.2, 0.25) is 0 Å². The molecule has 1 N–H and O–H groups in total. The summed E-state index contributed by atoms with van der Waals surface area (Å²) in [5, 5.41) is 0.644. The molecule has 1 atom stereocenters. The molecule has 1 aliphatic heterocycles. The van der Waals surface area contributed by atoms with Gasteiger partial charge in [0, 0.05) is 18.7 Å². The second-order valence-electron chi connectivity index (χ2n) is 7.28. The molecule has 1 unspecified atom stereocenters. The Morgan fingerprint density at radius 3 is 2.88 bits per heavy atom. The molecule has 6 heteroatoms. The van der Waals surface area contributed by atoms with E-state index in [1.807, 2.05) is 36.5 Å². The SMILES string of the molecule is O=c1[nH]c(C2CCCN2Cc2ccnc(C3CC3)n2)nc2ccccc12. The first-order valence-corrected chi connectivity index (χ1v) is 9.33. The fourth-order valence-electron chi connectivity index (χ4n) is 3.83. The van der Waals surface area contributed by atoms with E-state index < -0.39 is 0 Å². The van der Waals surface area contributed by atoms with Crippen LogP contribution in [0.5, 0.6) is 0 Å². The summed E-state index contributed by atoms with van der Waals surface area (Å²) in [6.45, 7) is 1.76. The number of hydrogen-bond donors (Lipinski definition) is 1. The highest BCUT2D eigenvalue weighted by Gasteiger charge is 2.30. The van der Waals surface area contributed by atoms with Crippen molar-refractivity contribution in [2.24, 2.45) is 0 Å². The summed E-state index contributed by atoms with van der Waals surface area (Å²) in [6.07, 6.45) is 6.39. The second kappa shape index (κ2) is 6.29. The number of aromatic nitrogens is 4. The standard InChI is InChI=1S/C20H21N5O/c26-20-15-4-1-2-5-16(15)23-19(24-20)17-6-3-11-25(17)12-14-9-10-21-18(22-14)13-7-8-13/h1-2,4-5,9-10,13,17H,3,6-8,11-12H2,(H,23,24,26). The Morgan fingerprint density at radius 1 is 1.12 bits per heavy atom. The number of fused-ring (bicyclic) bond motifs is 1. The second-order valence-corrected chi connectivity index (χ2v) is 7.28. The zero-order valence-electron chi connectivity index (χ0n) is 14.6. The zero-order valence-corrected chi connectivity index (χ0v) is 14.6. The quantitative estimate of drug-likeness (QED) is 0.785. The van der Waals surface area contributed by atoms with Gasteiger partial charge in [-0.3, -0.25) is 9.69 Å². The lowest BCUT2D eigenvalue weighted by atomic mass is 10.2. The van der Waals surface area contributed by atoms with Crippen LogP contribution < -0.4 is 5.56 Å². The lowest BCUT2D eigenvalue weighted by Crippen LogP contribution is -2.26. The molecule has 1 saturated heterocycles. The highest BCUT2D eigenvalue weighted by Crippen LogP contribution is 2.38. The monoisotopic (exact) mass is 347 g/mol. The first kappa shape index (κ1) is 15.6. The Morgan fingerprint density at radius 2 is 2.00 bits per heavy atom. The molecule has 1 aromatic carbocycles.